The van der Waals surface area contributed by atoms with E-state index in [0.29, 0.717) is 17.2 Å². The molecule has 2 aromatic carbocycles. The normalized spacial score (nSPS) is 11.6. The number of sulfone groups is 1. The van der Waals surface area contributed by atoms with Crippen LogP contribution in [0.3, 0.4) is 0 Å². The number of hydrogen-bond acceptors (Lipinski definition) is 6. The van der Waals surface area contributed by atoms with E-state index in [4.69, 9.17) is 0 Å². The summed E-state index contributed by atoms with van der Waals surface area (Å²) in [5, 5.41) is 0.627. The predicted octanol–water partition coefficient (Wildman–Crippen LogP) is 4.02. The third-order valence-electron chi connectivity index (χ3n) is 4.96. The number of benzene rings is 2. The largest absolute Gasteiger partial charge is 0.337 e. The fourth-order valence-electron chi connectivity index (χ4n) is 3.22. The van der Waals surface area contributed by atoms with E-state index < -0.39 is 9.84 Å². The van der Waals surface area contributed by atoms with E-state index in [0.717, 1.165) is 23.2 Å². The van der Waals surface area contributed by atoms with Gasteiger partial charge in [0.1, 0.15) is 0 Å². The van der Waals surface area contributed by atoms with Crippen molar-refractivity contribution >= 4 is 42.4 Å². The van der Waals surface area contributed by atoms with Crippen LogP contribution in [0.2, 0.25) is 0 Å². The summed E-state index contributed by atoms with van der Waals surface area (Å²) in [7, 11) is -3.31. The first-order valence-corrected chi connectivity index (χ1v) is 12.4. The summed E-state index contributed by atoms with van der Waals surface area (Å²) in [4.78, 5) is 24.0. The number of aromatic nitrogens is 3. The second-order valence-electron chi connectivity index (χ2n) is 7.00. The lowest BCUT2D eigenvalue weighted by molar-refractivity contribution is 0.0986. The highest BCUT2D eigenvalue weighted by Gasteiger charge is 2.22. The molecular formula is C22H22N4O3S2. The van der Waals surface area contributed by atoms with Crippen LogP contribution in [-0.2, 0) is 16.4 Å². The Labute approximate surface area is 184 Å². The molecule has 1 amide bonds. The van der Waals surface area contributed by atoms with Crippen molar-refractivity contribution in [3.05, 3.63) is 72.8 Å². The van der Waals surface area contributed by atoms with Crippen molar-refractivity contribution in [3.63, 3.8) is 0 Å². The van der Waals surface area contributed by atoms with Crippen LogP contribution >= 0.6 is 11.3 Å². The van der Waals surface area contributed by atoms with Crippen molar-refractivity contribution in [1.82, 2.24) is 14.5 Å². The summed E-state index contributed by atoms with van der Waals surface area (Å²) in [6.07, 6.45) is 6.08. The third-order valence-corrected chi connectivity index (χ3v) is 7.77. The maximum Gasteiger partial charge on any atom is 0.260 e. The highest BCUT2D eigenvalue weighted by Crippen LogP contribution is 2.30. The van der Waals surface area contributed by atoms with Gasteiger partial charge in [0.05, 0.1) is 27.2 Å². The number of carbonyl (C=O) groups excluding carboxylic acids is 1. The van der Waals surface area contributed by atoms with Crippen LogP contribution in [0.25, 0.3) is 10.2 Å². The molecule has 0 aliphatic rings. The van der Waals surface area contributed by atoms with E-state index in [1.165, 1.54) is 23.5 Å². The number of hydrogen-bond donors (Lipinski definition) is 0. The van der Waals surface area contributed by atoms with Gasteiger partial charge in [-0.15, -0.1) is 0 Å². The lowest BCUT2D eigenvalue weighted by Crippen LogP contribution is -2.32. The van der Waals surface area contributed by atoms with Gasteiger partial charge in [0, 0.05) is 31.0 Å². The van der Waals surface area contributed by atoms with Gasteiger partial charge in [-0.25, -0.2) is 18.4 Å². The van der Waals surface area contributed by atoms with E-state index >= 15 is 0 Å². The molecule has 0 saturated carbocycles. The molecule has 0 unspecified atom stereocenters. The Morgan fingerprint density at radius 2 is 1.90 bits per heavy atom. The molecule has 0 aliphatic heterocycles. The highest BCUT2D eigenvalue weighted by atomic mass is 32.2. The van der Waals surface area contributed by atoms with Gasteiger partial charge in [-0.2, -0.15) is 0 Å². The number of anilines is 1. The molecule has 0 bridgehead atoms. The minimum Gasteiger partial charge on any atom is -0.337 e. The van der Waals surface area contributed by atoms with Gasteiger partial charge in [-0.1, -0.05) is 30.4 Å². The van der Waals surface area contributed by atoms with Gasteiger partial charge < -0.3 is 4.57 Å². The van der Waals surface area contributed by atoms with Gasteiger partial charge >= 0.3 is 0 Å². The first-order chi connectivity index (χ1) is 15.0. The number of carbonyl (C=O) groups is 1. The van der Waals surface area contributed by atoms with Gasteiger partial charge in [0.15, 0.2) is 15.0 Å². The zero-order valence-electron chi connectivity index (χ0n) is 17.0. The number of fused-ring (bicyclic) bond motifs is 1. The summed E-state index contributed by atoms with van der Waals surface area (Å²) < 4.78 is 27.1. The number of rotatable bonds is 8. The molecule has 0 radical (unpaired) electrons. The Kier molecular flexibility index (Phi) is 6.15. The first kappa shape index (κ1) is 21.2. The second-order valence-corrected chi connectivity index (χ2v) is 10.3. The van der Waals surface area contributed by atoms with Crippen LogP contribution in [0, 0.1) is 0 Å². The zero-order chi connectivity index (χ0) is 21.8. The Morgan fingerprint density at radius 3 is 2.58 bits per heavy atom. The topological polar surface area (TPSA) is 85.2 Å². The van der Waals surface area contributed by atoms with Crippen molar-refractivity contribution in [2.45, 2.75) is 24.8 Å². The van der Waals surface area contributed by atoms with Gasteiger partial charge in [-0.3, -0.25) is 9.69 Å². The quantitative estimate of drug-likeness (QED) is 0.401. The summed E-state index contributed by atoms with van der Waals surface area (Å²) in [6.45, 7) is 2.80. The number of thiazole rings is 1. The van der Waals surface area contributed by atoms with Crippen LogP contribution < -0.4 is 4.90 Å². The molecule has 7 nitrogen and oxygen atoms in total. The number of nitrogens with zero attached hydrogens (tertiary/aromatic N) is 4. The molecule has 2 heterocycles. The first-order valence-electron chi connectivity index (χ1n) is 9.94. The van der Waals surface area contributed by atoms with E-state index in [1.54, 1.807) is 36.5 Å². The summed E-state index contributed by atoms with van der Waals surface area (Å²) in [6, 6.07) is 13.9. The molecule has 31 heavy (non-hydrogen) atoms. The van der Waals surface area contributed by atoms with Gasteiger partial charge in [0.2, 0.25) is 0 Å². The van der Waals surface area contributed by atoms with Crippen molar-refractivity contribution in [1.29, 1.82) is 0 Å². The fraction of sp³-hybridized carbons (Fsp3) is 0.227. The summed E-state index contributed by atoms with van der Waals surface area (Å²) in [5.74, 6) is -0.183. The Bertz CT molecular complexity index is 1250. The number of imidazole rings is 1. The Hall–Kier alpha value is -3.04. The molecule has 160 valence electrons. The molecule has 0 atom stereocenters. The van der Waals surface area contributed by atoms with Crippen molar-refractivity contribution in [2.24, 2.45) is 0 Å². The van der Waals surface area contributed by atoms with Crippen LogP contribution in [0.15, 0.2) is 72.1 Å². The average Bonchev–Trinajstić information content (AvgIpc) is 3.46. The molecule has 0 spiro atoms. The molecule has 0 aliphatic carbocycles. The van der Waals surface area contributed by atoms with Crippen molar-refractivity contribution < 1.29 is 13.2 Å². The molecule has 4 rings (SSSR count). The van der Waals surface area contributed by atoms with Crippen LogP contribution in [0.1, 0.15) is 23.7 Å². The average molecular weight is 455 g/mol. The lowest BCUT2D eigenvalue weighted by Gasteiger charge is -2.20. The van der Waals surface area contributed by atoms with Crippen LogP contribution in [0.4, 0.5) is 5.13 Å². The van der Waals surface area contributed by atoms with Crippen molar-refractivity contribution in [2.75, 3.05) is 17.2 Å². The minimum absolute atomic E-state index is 0.0202. The highest BCUT2D eigenvalue weighted by molar-refractivity contribution is 7.91. The lowest BCUT2D eigenvalue weighted by atomic mass is 10.2. The SMILES string of the molecule is CCS(=O)(=O)c1ccc(C(=O)N(CCCn2ccnc2)c2nc3ccccc3s2)cc1. The number of amides is 1. The molecule has 4 aromatic rings. The van der Waals surface area contributed by atoms with E-state index in [2.05, 4.69) is 9.97 Å². The predicted molar refractivity (Wildman–Crippen MR) is 122 cm³/mol. The standard InChI is InChI=1S/C22H22N4O3S2/c1-2-31(28,29)18-10-8-17(9-11-18)21(27)26(14-5-13-25-15-12-23-16-25)22-24-19-6-3-4-7-20(19)30-22/h3-4,6-12,15-16H,2,5,13-14H2,1H3. The minimum atomic E-state index is -3.31. The maximum absolute atomic E-state index is 13.4. The van der Waals surface area contributed by atoms with Crippen LogP contribution in [0.5, 0.6) is 0 Å². The summed E-state index contributed by atoms with van der Waals surface area (Å²) >= 11 is 1.47. The number of para-hydroxylation sites is 1. The smallest absolute Gasteiger partial charge is 0.260 e. The van der Waals surface area contributed by atoms with Gasteiger partial charge in [-0.05, 0) is 42.8 Å². The van der Waals surface area contributed by atoms with Crippen molar-refractivity contribution in [3.8, 4) is 0 Å². The molecule has 2 aromatic heterocycles. The maximum atomic E-state index is 13.4. The number of aryl methyl sites for hydroxylation is 1. The van der Waals surface area contributed by atoms with Gasteiger partial charge in [0.25, 0.3) is 5.91 Å². The Morgan fingerprint density at radius 1 is 1.13 bits per heavy atom. The second kappa shape index (κ2) is 8.99. The third kappa shape index (κ3) is 4.67. The molecule has 0 fully saturated rings. The summed E-state index contributed by atoms with van der Waals surface area (Å²) in [5.41, 5.74) is 1.27. The molecule has 9 heteroatoms. The van der Waals surface area contributed by atoms with E-state index in [9.17, 15) is 13.2 Å². The monoisotopic (exact) mass is 454 g/mol. The molecule has 0 N–H and O–H groups in total. The van der Waals surface area contributed by atoms with E-state index in [1.807, 2.05) is 35.0 Å². The molecular weight excluding hydrogens is 432 g/mol. The van der Waals surface area contributed by atoms with E-state index in [-0.39, 0.29) is 16.6 Å². The fourth-order valence-corrected chi connectivity index (χ4v) is 5.09. The van der Waals surface area contributed by atoms with Crippen LogP contribution in [-0.4, -0.2) is 41.2 Å². The zero-order valence-corrected chi connectivity index (χ0v) is 18.6. The molecule has 0 saturated heterocycles. The Balaban J connectivity index is 1.61.